The van der Waals surface area contributed by atoms with Gasteiger partial charge in [-0.15, -0.1) is 0 Å². The van der Waals surface area contributed by atoms with E-state index < -0.39 is 14.3 Å². The highest BCUT2D eigenvalue weighted by Crippen LogP contribution is 2.36. The Balaban J connectivity index is 2.18. The van der Waals surface area contributed by atoms with Crippen LogP contribution < -0.4 is 0 Å². The monoisotopic (exact) mass is 210 g/mol. The minimum atomic E-state index is -3.41. The Kier molecular flexibility index (Phi) is 2.09. The molecule has 0 saturated carbocycles. The topological polar surface area (TPSA) is 43.4 Å². The van der Waals surface area contributed by atoms with Crippen molar-refractivity contribution in [2.24, 2.45) is 0 Å². The van der Waals surface area contributed by atoms with E-state index in [4.69, 9.17) is 15.4 Å². The molecule has 3 unspecified atom stereocenters. The van der Waals surface area contributed by atoms with E-state index in [9.17, 15) is 8.42 Å². The van der Waals surface area contributed by atoms with E-state index in [1.807, 2.05) is 0 Å². The molecule has 12 heavy (non-hydrogen) atoms. The second kappa shape index (κ2) is 2.86. The van der Waals surface area contributed by atoms with Crippen molar-refractivity contribution in [1.29, 1.82) is 0 Å². The highest BCUT2D eigenvalue weighted by atomic mass is 35.7. The van der Waals surface area contributed by atoms with Gasteiger partial charge in [-0.25, -0.2) is 8.42 Å². The minimum absolute atomic E-state index is 0.133. The van der Waals surface area contributed by atoms with Crippen LogP contribution in [0.1, 0.15) is 25.7 Å². The van der Waals surface area contributed by atoms with E-state index in [1.165, 1.54) is 0 Å². The van der Waals surface area contributed by atoms with Crippen LogP contribution in [0.15, 0.2) is 0 Å². The van der Waals surface area contributed by atoms with E-state index in [2.05, 4.69) is 0 Å². The fraction of sp³-hybridized carbons (Fsp3) is 1.00. The van der Waals surface area contributed by atoms with Crippen LogP contribution in [-0.2, 0) is 13.8 Å². The average molecular weight is 211 g/mol. The number of fused-ring (bicyclic) bond motifs is 2. The van der Waals surface area contributed by atoms with Crippen LogP contribution in [0, 0.1) is 0 Å². The molecule has 3 atom stereocenters. The first-order valence-electron chi connectivity index (χ1n) is 4.16. The molecule has 2 bridgehead atoms. The summed E-state index contributed by atoms with van der Waals surface area (Å²) in [5.41, 5.74) is 0. The molecule has 2 heterocycles. The van der Waals surface area contributed by atoms with Crippen LogP contribution in [0.3, 0.4) is 0 Å². The predicted molar refractivity (Wildman–Crippen MR) is 45.7 cm³/mol. The number of hydrogen-bond acceptors (Lipinski definition) is 3. The highest BCUT2D eigenvalue weighted by molar-refractivity contribution is 8.14. The van der Waals surface area contributed by atoms with Crippen molar-refractivity contribution in [3.8, 4) is 0 Å². The summed E-state index contributed by atoms with van der Waals surface area (Å²) in [6.07, 6.45) is 3.51. The molecule has 0 amide bonds. The van der Waals surface area contributed by atoms with Gasteiger partial charge in [0.25, 0.3) is 0 Å². The minimum Gasteiger partial charge on any atom is -0.374 e. The van der Waals surface area contributed by atoms with Crippen molar-refractivity contribution in [3.05, 3.63) is 0 Å². The Labute approximate surface area is 76.5 Å². The van der Waals surface area contributed by atoms with E-state index in [-0.39, 0.29) is 6.10 Å². The Morgan fingerprint density at radius 2 is 1.83 bits per heavy atom. The van der Waals surface area contributed by atoms with Crippen LogP contribution in [-0.4, -0.2) is 25.9 Å². The maximum absolute atomic E-state index is 11.1. The van der Waals surface area contributed by atoms with E-state index >= 15 is 0 Å². The van der Waals surface area contributed by atoms with Crippen LogP contribution in [0.2, 0.25) is 0 Å². The predicted octanol–water partition coefficient (Wildman–Crippen LogP) is 1.27. The normalized spacial score (nSPS) is 41.6. The molecule has 2 rings (SSSR count). The summed E-state index contributed by atoms with van der Waals surface area (Å²) in [5.74, 6) is 0. The molecular formula is C7H11ClO3S. The lowest BCUT2D eigenvalue weighted by Crippen LogP contribution is -2.35. The highest BCUT2D eigenvalue weighted by Gasteiger charge is 2.42. The number of ether oxygens (including phenoxy) is 1. The van der Waals surface area contributed by atoms with Gasteiger partial charge in [0, 0.05) is 10.7 Å². The third-order valence-corrected chi connectivity index (χ3v) is 4.64. The van der Waals surface area contributed by atoms with Crippen molar-refractivity contribution >= 4 is 19.7 Å². The summed E-state index contributed by atoms with van der Waals surface area (Å²) in [5, 5.41) is -0.460. The maximum Gasteiger partial charge on any atom is 0.238 e. The second-order valence-electron chi connectivity index (χ2n) is 3.47. The quantitative estimate of drug-likeness (QED) is 0.613. The Morgan fingerprint density at radius 3 is 2.50 bits per heavy atom. The molecule has 0 radical (unpaired) electrons. The molecule has 70 valence electrons. The summed E-state index contributed by atoms with van der Waals surface area (Å²) in [7, 11) is 1.88. The average Bonchev–Trinajstić information content (AvgIpc) is 2.30. The van der Waals surface area contributed by atoms with Gasteiger partial charge in [-0.05, 0) is 25.7 Å². The molecule has 0 N–H and O–H groups in total. The fourth-order valence-corrected chi connectivity index (χ4v) is 3.67. The molecule has 3 nitrogen and oxygen atoms in total. The Bertz CT molecular complexity index is 274. The lowest BCUT2D eigenvalue weighted by atomic mass is 10.1. The third-order valence-electron chi connectivity index (χ3n) is 2.69. The Hall–Kier alpha value is 0.200. The zero-order valence-electron chi connectivity index (χ0n) is 6.57. The van der Waals surface area contributed by atoms with E-state index in [1.54, 1.807) is 0 Å². The number of rotatable bonds is 1. The second-order valence-corrected chi connectivity index (χ2v) is 6.31. The summed E-state index contributed by atoms with van der Waals surface area (Å²) in [6.45, 7) is 0. The fourth-order valence-electron chi connectivity index (χ4n) is 2.08. The molecule has 2 saturated heterocycles. The van der Waals surface area contributed by atoms with Gasteiger partial charge >= 0.3 is 0 Å². The molecule has 0 aromatic rings. The summed E-state index contributed by atoms with van der Waals surface area (Å²) >= 11 is 0. The van der Waals surface area contributed by atoms with Gasteiger partial charge in [-0.3, -0.25) is 0 Å². The summed E-state index contributed by atoms with van der Waals surface area (Å²) in [4.78, 5) is 0. The third kappa shape index (κ3) is 1.47. The van der Waals surface area contributed by atoms with E-state index in [0.29, 0.717) is 12.5 Å². The molecule has 2 aliphatic rings. The van der Waals surface area contributed by atoms with Gasteiger partial charge in [0.05, 0.1) is 12.2 Å². The smallest absolute Gasteiger partial charge is 0.238 e. The first-order valence-corrected chi connectivity index (χ1v) is 6.53. The standard InChI is InChI=1S/C7H11ClO3S/c8-12(9,10)7-4-2-5-1-3-6(7)11-5/h5-7H,1-4H2. The van der Waals surface area contributed by atoms with Crippen LogP contribution in [0.4, 0.5) is 0 Å². The molecule has 0 spiro atoms. The van der Waals surface area contributed by atoms with Gasteiger partial charge in [-0.2, -0.15) is 0 Å². The van der Waals surface area contributed by atoms with Crippen molar-refractivity contribution in [2.45, 2.75) is 43.1 Å². The Morgan fingerprint density at radius 1 is 1.17 bits per heavy atom. The van der Waals surface area contributed by atoms with Crippen LogP contribution in [0.25, 0.3) is 0 Å². The maximum atomic E-state index is 11.1. The molecule has 0 aromatic carbocycles. The molecular weight excluding hydrogens is 200 g/mol. The summed E-state index contributed by atoms with van der Waals surface area (Å²) < 4.78 is 27.6. The lowest BCUT2D eigenvalue weighted by molar-refractivity contribution is 0.00880. The van der Waals surface area contributed by atoms with Crippen molar-refractivity contribution in [3.63, 3.8) is 0 Å². The number of halogens is 1. The number of hydrogen-bond donors (Lipinski definition) is 0. The van der Waals surface area contributed by atoms with Gasteiger partial charge in [0.2, 0.25) is 9.05 Å². The summed E-state index contributed by atoms with van der Waals surface area (Å²) in [6, 6.07) is 0. The van der Waals surface area contributed by atoms with Crippen molar-refractivity contribution < 1.29 is 13.2 Å². The molecule has 2 fully saturated rings. The zero-order valence-corrected chi connectivity index (χ0v) is 8.14. The van der Waals surface area contributed by atoms with Crippen LogP contribution in [0.5, 0.6) is 0 Å². The largest absolute Gasteiger partial charge is 0.374 e. The van der Waals surface area contributed by atoms with E-state index in [0.717, 1.165) is 19.3 Å². The van der Waals surface area contributed by atoms with Crippen molar-refractivity contribution in [2.75, 3.05) is 0 Å². The molecule has 0 aliphatic carbocycles. The zero-order chi connectivity index (χ0) is 8.77. The molecule has 0 aromatic heterocycles. The van der Waals surface area contributed by atoms with Gasteiger partial charge in [-0.1, -0.05) is 0 Å². The van der Waals surface area contributed by atoms with Crippen molar-refractivity contribution in [1.82, 2.24) is 0 Å². The molecule has 5 heteroatoms. The molecule has 2 aliphatic heterocycles. The first-order chi connectivity index (χ1) is 5.57. The lowest BCUT2D eigenvalue weighted by Gasteiger charge is -2.26. The van der Waals surface area contributed by atoms with Crippen LogP contribution >= 0.6 is 10.7 Å². The van der Waals surface area contributed by atoms with Gasteiger partial charge < -0.3 is 4.74 Å². The van der Waals surface area contributed by atoms with Gasteiger partial charge in [0.1, 0.15) is 5.25 Å². The van der Waals surface area contributed by atoms with Gasteiger partial charge in [0.15, 0.2) is 0 Å². The SMILES string of the molecule is O=S(=O)(Cl)C1CCC2CCC1O2. The first kappa shape index (κ1) is 8.78.